The van der Waals surface area contributed by atoms with E-state index in [0.717, 1.165) is 25.7 Å². The smallest absolute Gasteiger partial charge is 0.228 e. The van der Waals surface area contributed by atoms with Crippen molar-refractivity contribution >= 4 is 11.6 Å². The molecule has 3 nitrogen and oxygen atoms in total. The average Bonchev–Trinajstić information content (AvgIpc) is 2.51. The molecule has 1 fully saturated rings. The van der Waals surface area contributed by atoms with Crippen LogP contribution in [0.4, 0.5) is 10.1 Å². The molecule has 1 N–H and O–H groups in total. The van der Waals surface area contributed by atoms with Gasteiger partial charge in [-0.3, -0.25) is 4.79 Å². The summed E-state index contributed by atoms with van der Waals surface area (Å²) in [6.45, 7) is 2.37. The third-order valence-corrected chi connectivity index (χ3v) is 4.59. The topological polar surface area (TPSA) is 32.3 Å². The van der Waals surface area contributed by atoms with Crippen LogP contribution in [-0.2, 0) is 4.79 Å². The van der Waals surface area contributed by atoms with Crippen LogP contribution in [0.1, 0.15) is 45.4 Å². The summed E-state index contributed by atoms with van der Waals surface area (Å²) >= 11 is 0. The second kappa shape index (κ2) is 7.03. The summed E-state index contributed by atoms with van der Waals surface area (Å²) in [7, 11) is 1.93. The Bertz CT molecular complexity index is 483. The van der Waals surface area contributed by atoms with E-state index in [1.54, 1.807) is 23.1 Å². The number of amides is 1. The van der Waals surface area contributed by atoms with Crippen molar-refractivity contribution in [1.29, 1.82) is 0 Å². The van der Waals surface area contributed by atoms with E-state index in [-0.39, 0.29) is 17.3 Å². The maximum atomic E-state index is 13.9. The number of nitrogens with one attached hydrogen (secondary N) is 1. The van der Waals surface area contributed by atoms with Crippen molar-refractivity contribution in [1.82, 2.24) is 5.32 Å². The summed E-state index contributed by atoms with van der Waals surface area (Å²) in [5, 5.41) is 3.35. The van der Waals surface area contributed by atoms with E-state index in [2.05, 4.69) is 5.32 Å². The van der Waals surface area contributed by atoms with Crippen LogP contribution in [-0.4, -0.2) is 25.0 Å². The molecule has 1 aliphatic carbocycles. The number of hydrogen-bond acceptors (Lipinski definition) is 2. The zero-order valence-electron chi connectivity index (χ0n) is 13.0. The van der Waals surface area contributed by atoms with Crippen LogP contribution >= 0.6 is 0 Å². The second-order valence-electron chi connectivity index (χ2n) is 5.86. The van der Waals surface area contributed by atoms with Crippen molar-refractivity contribution in [2.75, 3.05) is 18.5 Å². The minimum atomic E-state index is -0.338. The number of benzene rings is 1. The molecule has 1 amide bonds. The Labute approximate surface area is 126 Å². The number of anilines is 1. The van der Waals surface area contributed by atoms with Crippen LogP contribution in [0.15, 0.2) is 24.3 Å². The minimum absolute atomic E-state index is 0.00106. The molecule has 0 bridgehead atoms. The minimum Gasteiger partial charge on any atom is -0.314 e. The third-order valence-electron chi connectivity index (χ3n) is 4.59. The summed E-state index contributed by atoms with van der Waals surface area (Å²) in [4.78, 5) is 14.2. The molecule has 1 aromatic carbocycles. The molecule has 0 atom stereocenters. The fraction of sp³-hybridized carbons (Fsp3) is 0.588. The van der Waals surface area contributed by atoms with Crippen molar-refractivity contribution in [2.45, 2.75) is 51.0 Å². The van der Waals surface area contributed by atoms with Crippen molar-refractivity contribution in [2.24, 2.45) is 0 Å². The van der Waals surface area contributed by atoms with Crippen molar-refractivity contribution in [3.8, 4) is 0 Å². The van der Waals surface area contributed by atoms with Gasteiger partial charge in [-0.1, -0.05) is 31.4 Å². The van der Waals surface area contributed by atoms with Crippen LogP contribution in [0, 0.1) is 5.82 Å². The highest BCUT2D eigenvalue weighted by Gasteiger charge is 2.34. The number of carbonyl (C=O) groups is 1. The molecule has 0 radical (unpaired) electrons. The summed E-state index contributed by atoms with van der Waals surface area (Å²) in [5.74, 6) is -0.339. The van der Waals surface area contributed by atoms with Crippen LogP contribution in [0.25, 0.3) is 0 Å². The van der Waals surface area contributed by atoms with Gasteiger partial charge in [0.1, 0.15) is 5.82 Å². The second-order valence-corrected chi connectivity index (χ2v) is 5.86. The molecule has 0 aromatic heterocycles. The van der Waals surface area contributed by atoms with Gasteiger partial charge in [0.25, 0.3) is 0 Å². The Morgan fingerprint density at radius 2 is 1.95 bits per heavy atom. The first-order chi connectivity index (χ1) is 10.1. The fourth-order valence-electron chi connectivity index (χ4n) is 3.28. The first kappa shape index (κ1) is 16.0. The molecule has 21 heavy (non-hydrogen) atoms. The van der Waals surface area contributed by atoms with Gasteiger partial charge >= 0.3 is 0 Å². The lowest BCUT2D eigenvalue weighted by Gasteiger charge is -2.38. The molecule has 1 saturated carbocycles. The maximum Gasteiger partial charge on any atom is 0.228 e. The van der Waals surface area contributed by atoms with Crippen LogP contribution in [0.5, 0.6) is 0 Å². The lowest BCUT2D eigenvalue weighted by atomic mass is 9.79. The van der Waals surface area contributed by atoms with Crippen molar-refractivity contribution < 1.29 is 9.18 Å². The number of nitrogens with zero attached hydrogens (tertiary/aromatic N) is 1. The maximum absolute atomic E-state index is 13.9. The van der Waals surface area contributed by atoms with Crippen molar-refractivity contribution in [3.05, 3.63) is 30.1 Å². The van der Waals surface area contributed by atoms with Gasteiger partial charge in [-0.2, -0.15) is 0 Å². The fourth-order valence-corrected chi connectivity index (χ4v) is 3.28. The molecular formula is C17H25FN2O. The quantitative estimate of drug-likeness (QED) is 0.901. The number of para-hydroxylation sites is 1. The molecular weight excluding hydrogens is 267 g/mol. The summed E-state index contributed by atoms with van der Waals surface area (Å²) in [5.41, 5.74) is 0.264. The summed E-state index contributed by atoms with van der Waals surface area (Å²) < 4.78 is 13.9. The number of carbonyl (C=O) groups excluding carboxylic acids is 1. The molecule has 1 aliphatic rings. The van der Waals surface area contributed by atoms with E-state index in [1.165, 1.54) is 12.5 Å². The van der Waals surface area contributed by atoms with Gasteiger partial charge < -0.3 is 10.2 Å². The van der Waals surface area contributed by atoms with Crippen LogP contribution in [0.2, 0.25) is 0 Å². The molecule has 4 heteroatoms. The molecule has 0 aliphatic heterocycles. The standard InChI is InChI=1S/C17H25FN2O/c1-3-20(15-10-6-5-9-14(15)18)16(21)13-17(19-2)11-7-4-8-12-17/h5-6,9-10,19H,3-4,7-8,11-13H2,1-2H3. The third kappa shape index (κ3) is 3.62. The summed E-state index contributed by atoms with van der Waals surface area (Å²) in [6, 6.07) is 6.49. The Balaban J connectivity index is 2.15. The van der Waals surface area contributed by atoms with E-state index < -0.39 is 0 Å². The molecule has 1 aromatic rings. The first-order valence-electron chi connectivity index (χ1n) is 7.86. The van der Waals surface area contributed by atoms with E-state index in [9.17, 15) is 9.18 Å². The number of halogens is 1. The zero-order valence-corrected chi connectivity index (χ0v) is 13.0. The van der Waals surface area contributed by atoms with E-state index >= 15 is 0 Å². The molecule has 0 unspecified atom stereocenters. The van der Waals surface area contributed by atoms with Gasteiger partial charge in [0.2, 0.25) is 5.91 Å². The highest BCUT2D eigenvalue weighted by molar-refractivity contribution is 5.94. The highest BCUT2D eigenvalue weighted by Crippen LogP contribution is 2.32. The predicted octanol–water partition coefficient (Wildman–Crippen LogP) is 3.49. The largest absolute Gasteiger partial charge is 0.314 e. The Morgan fingerprint density at radius 1 is 1.29 bits per heavy atom. The van der Waals surface area contributed by atoms with Gasteiger partial charge in [-0.15, -0.1) is 0 Å². The highest BCUT2D eigenvalue weighted by atomic mass is 19.1. The monoisotopic (exact) mass is 292 g/mol. The van der Waals surface area contributed by atoms with Gasteiger partial charge in [-0.25, -0.2) is 4.39 Å². The Kier molecular flexibility index (Phi) is 5.34. The Morgan fingerprint density at radius 3 is 2.52 bits per heavy atom. The van der Waals surface area contributed by atoms with Crippen LogP contribution < -0.4 is 10.2 Å². The summed E-state index contributed by atoms with van der Waals surface area (Å²) in [6.07, 6.45) is 6.02. The lowest BCUT2D eigenvalue weighted by Crippen LogP contribution is -2.49. The number of hydrogen-bond donors (Lipinski definition) is 1. The molecule has 0 spiro atoms. The van der Waals surface area contributed by atoms with Gasteiger partial charge in [0.05, 0.1) is 5.69 Å². The molecule has 0 heterocycles. The zero-order chi connectivity index (χ0) is 15.3. The molecule has 2 rings (SSSR count). The first-order valence-corrected chi connectivity index (χ1v) is 7.86. The average molecular weight is 292 g/mol. The van der Waals surface area contributed by atoms with E-state index in [1.807, 2.05) is 14.0 Å². The molecule has 0 saturated heterocycles. The molecule has 116 valence electrons. The van der Waals surface area contributed by atoms with Crippen LogP contribution in [0.3, 0.4) is 0 Å². The lowest BCUT2D eigenvalue weighted by molar-refractivity contribution is -0.120. The Hall–Kier alpha value is -1.42. The van der Waals surface area contributed by atoms with E-state index in [4.69, 9.17) is 0 Å². The van der Waals surface area contributed by atoms with Gasteiger partial charge in [-0.05, 0) is 38.9 Å². The normalized spacial score (nSPS) is 17.5. The van der Waals surface area contributed by atoms with E-state index in [0.29, 0.717) is 18.7 Å². The van der Waals surface area contributed by atoms with Gasteiger partial charge in [0.15, 0.2) is 0 Å². The predicted molar refractivity (Wildman–Crippen MR) is 83.9 cm³/mol. The van der Waals surface area contributed by atoms with Gasteiger partial charge in [0, 0.05) is 18.5 Å². The number of rotatable bonds is 5. The van der Waals surface area contributed by atoms with Crippen molar-refractivity contribution in [3.63, 3.8) is 0 Å². The SMILES string of the molecule is CCN(C(=O)CC1(NC)CCCCC1)c1ccccc1F.